The Morgan fingerprint density at radius 3 is 2.94 bits per heavy atom. The Labute approximate surface area is 122 Å². The third-order valence-electron chi connectivity index (χ3n) is 3.36. The largest absolute Gasteiger partial charge is 0.318 e. The number of hydrogen-bond acceptors (Lipinski definition) is 2. The highest BCUT2D eigenvalue weighted by Crippen LogP contribution is 2.25. The van der Waals surface area contributed by atoms with Crippen LogP contribution in [0.25, 0.3) is 0 Å². The molecule has 0 aliphatic carbocycles. The van der Waals surface area contributed by atoms with E-state index in [1.807, 2.05) is 13.1 Å². The van der Waals surface area contributed by atoms with Gasteiger partial charge in [0.05, 0.1) is 0 Å². The molecule has 102 valence electrons. The molecule has 1 aromatic rings. The van der Waals surface area contributed by atoms with Gasteiger partial charge in [-0.1, -0.05) is 22.0 Å². The smallest absolute Gasteiger partial charge is 0.128 e. The van der Waals surface area contributed by atoms with Crippen molar-refractivity contribution < 1.29 is 4.39 Å². The Morgan fingerprint density at radius 1 is 1.50 bits per heavy atom. The molecule has 5 heteroatoms. The molecule has 0 radical (unpaired) electrons. The molecule has 2 nitrogen and oxygen atoms in total. The lowest BCUT2D eigenvalue weighted by molar-refractivity contribution is 0.238. The SMILES string of the molecule is CNCC1CCCN1Cc1c(F)cccc1Br.Cl. The van der Waals surface area contributed by atoms with Crippen molar-refractivity contribution in [3.63, 3.8) is 0 Å². The number of likely N-dealkylation sites (tertiary alicyclic amines) is 1. The van der Waals surface area contributed by atoms with Crippen LogP contribution in [0.3, 0.4) is 0 Å². The van der Waals surface area contributed by atoms with Crippen molar-refractivity contribution in [2.45, 2.75) is 25.4 Å². The number of nitrogens with zero attached hydrogens (tertiary/aromatic N) is 1. The molecular formula is C13H19BrClFN2. The zero-order chi connectivity index (χ0) is 12.3. The monoisotopic (exact) mass is 336 g/mol. The van der Waals surface area contributed by atoms with Crippen LogP contribution < -0.4 is 5.32 Å². The standard InChI is InChI=1S/C13H18BrFN2.ClH/c1-16-8-10-4-3-7-17(10)9-11-12(14)5-2-6-13(11)15;/h2,5-6,10,16H,3-4,7-9H2,1H3;1H. The fraction of sp³-hybridized carbons (Fsp3) is 0.538. The first-order valence-electron chi connectivity index (χ1n) is 6.04. The predicted octanol–water partition coefficient (Wildman–Crippen LogP) is 3.19. The number of halogens is 3. The normalized spacial score (nSPS) is 19.8. The van der Waals surface area contributed by atoms with E-state index in [0.29, 0.717) is 12.6 Å². The van der Waals surface area contributed by atoms with Crippen LogP contribution in [0.1, 0.15) is 18.4 Å². The molecule has 1 atom stereocenters. The zero-order valence-corrected chi connectivity index (χ0v) is 12.9. The number of benzene rings is 1. The van der Waals surface area contributed by atoms with Gasteiger partial charge in [0.2, 0.25) is 0 Å². The molecule has 1 aliphatic heterocycles. The summed E-state index contributed by atoms with van der Waals surface area (Å²) in [5.74, 6) is -0.116. The van der Waals surface area contributed by atoms with Gasteiger partial charge in [-0.15, -0.1) is 12.4 Å². The van der Waals surface area contributed by atoms with Crippen molar-refractivity contribution in [3.05, 3.63) is 34.1 Å². The molecule has 1 heterocycles. The summed E-state index contributed by atoms with van der Waals surface area (Å²) in [4.78, 5) is 2.36. The van der Waals surface area contributed by atoms with E-state index in [4.69, 9.17) is 0 Å². The highest BCUT2D eigenvalue weighted by molar-refractivity contribution is 9.10. The maximum Gasteiger partial charge on any atom is 0.128 e. The molecule has 1 unspecified atom stereocenters. The van der Waals surface area contributed by atoms with Crippen LogP contribution in [-0.2, 0) is 6.54 Å². The van der Waals surface area contributed by atoms with Gasteiger partial charge in [-0.05, 0) is 38.6 Å². The Balaban J connectivity index is 0.00000162. The van der Waals surface area contributed by atoms with E-state index in [1.165, 1.54) is 18.9 Å². The molecule has 0 amide bonds. The summed E-state index contributed by atoms with van der Waals surface area (Å²) in [6.45, 7) is 2.73. The molecule has 0 saturated carbocycles. The first-order valence-corrected chi connectivity index (χ1v) is 6.83. The van der Waals surface area contributed by atoms with Crippen LogP contribution in [0.2, 0.25) is 0 Å². The summed E-state index contributed by atoms with van der Waals surface area (Å²) in [7, 11) is 1.97. The summed E-state index contributed by atoms with van der Waals surface area (Å²) in [6, 6.07) is 5.70. The van der Waals surface area contributed by atoms with Crippen LogP contribution in [0.5, 0.6) is 0 Å². The third-order valence-corrected chi connectivity index (χ3v) is 4.10. The average molecular weight is 338 g/mol. The van der Waals surface area contributed by atoms with Crippen molar-refractivity contribution in [2.24, 2.45) is 0 Å². The minimum atomic E-state index is -0.116. The molecule has 1 fully saturated rings. The molecule has 2 rings (SSSR count). The van der Waals surface area contributed by atoms with Gasteiger partial charge in [0.1, 0.15) is 5.82 Å². The third kappa shape index (κ3) is 3.67. The molecule has 18 heavy (non-hydrogen) atoms. The second-order valence-electron chi connectivity index (χ2n) is 4.52. The van der Waals surface area contributed by atoms with Gasteiger partial charge in [-0.2, -0.15) is 0 Å². The molecule has 1 aliphatic rings. The fourth-order valence-corrected chi connectivity index (χ4v) is 2.92. The zero-order valence-electron chi connectivity index (χ0n) is 10.5. The van der Waals surface area contributed by atoms with Gasteiger partial charge < -0.3 is 5.32 Å². The fourth-order valence-electron chi connectivity index (χ4n) is 2.46. The Morgan fingerprint density at radius 2 is 2.28 bits per heavy atom. The summed E-state index contributed by atoms with van der Waals surface area (Å²) in [6.07, 6.45) is 2.41. The summed E-state index contributed by atoms with van der Waals surface area (Å²) in [5, 5.41) is 3.21. The summed E-state index contributed by atoms with van der Waals surface area (Å²) >= 11 is 3.43. The van der Waals surface area contributed by atoms with E-state index in [9.17, 15) is 4.39 Å². The highest BCUT2D eigenvalue weighted by atomic mass is 79.9. The van der Waals surface area contributed by atoms with Gasteiger partial charge in [0, 0.05) is 29.2 Å². The van der Waals surface area contributed by atoms with Crippen molar-refractivity contribution in [3.8, 4) is 0 Å². The lowest BCUT2D eigenvalue weighted by Crippen LogP contribution is -2.36. The van der Waals surface area contributed by atoms with E-state index in [2.05, 4.69) is 26.1 Å². The average Bonchev–Trinajstić information content (AvgIpc) is 2.72. The second kappa shape index (κ2) is 7.43. The number of hydrogen-bond donors (Lipinski definition) is 1. The number of likely N-dealkylation sites (N-methyl/N-ethyl adjacent to an activating group) is 1. The summed E-state index contributed by atoms with van der Waals surface area (Å²) < 4.78 is 14.6. The molecular weight excluding hydrogens is 319 g/mol. The highest BCUT2D eigenvalue weighted by Gasteiger charge is 2.25. The van der Waals surface area contributed by atoms with E-state index < -0.39 is 0 Å². The van der Waals surface area contributed by atoms with Crippen molar-refractivity contribution in [2.75, 3.05) is 20.1 Å². The van der Waals surface area contributed by atoms with E-state index in [0.717, 1.165) is 23.1 Å². The first kappa shape index (κ1) is 15.9. The van der Waals surface area contributed by atoms with Gasteiger partial charge in [0.15, 0.2) is 0 Å². The molecule has 0 aromatic heterocycles. The van der Waals surface area contributed by atoms with Crippen molar-refractivity contribution in [1.82, 2.24) is 10.2 Å². The first-order chi connectivity index (χ1) is 8.22. The number of nitrogens with one attached hydrogen (secondary N) is 1. The Hall–Kier alpha value is -0.160. The van der Waals surface area contributed by atoms with Crippen LogP contribution >= 0.6 is 28.3 Å². The maximum absolute atomic E-state index is 13.7. The second-order valence-corrected chi connectivity index (χ2v) is 5.38. The van der Waals surface area contributed by atoms with Crippen molar-refractivity contribution in [1.29, 1.82) is 0 Å². The molecule has 0 spiro atoms. The lowest BCUT2D eigenvalue weighted by atomic mass is 10.1. The summed E-state index contributed by atoms with van der Waals surface area (Å²) in [5.41, 5.74) is 0.774. The Kier molecular flexibility index (Phi) is 6.57. The predicted molar refractivity (Wildman–Crippen MR) is 78.7 cm³/mol. The van der Waals surface area contributed by atoms with Crippen LogP contribution in [0, 0.1) is 5.82 Å². The molecule has 1 aromatic carbocycles. The minimum Gasteiger partial charge on any atom is -0.318 e. The van der Waals surface area contributed by atoms with Gasteiger partial charge in [0.25, 0.3) is 0 Å². The van der Waals surface area contributed by atoms with Crippen LogP contribution in [0.15, 0.2) is 22.7 Å². The Bertz CT molecular complexity index is 369. The van der Waals surface area contributed by atoms with E-state index in [-0.39, 0.29) is 18.2 Å². The van der Waals surface area contributed by atoms with Gasteiger partial charge >= 0.3 is 0 Å². The van der Waals surface area contributed by atoms with Gasteiger partial charge in [-0.3, -0.25) is 4.90 Å². The van der Waals surface area contributed by atoms with E-state index in [1.54, 1.807) is 6.07 Å². The lowest BCUT2D eigenvalue weighted by Gasteiger charge is -2.24. The maximum atomic E-state index is 13.7. The molecule has 0 bridgehead atoms. The minimum absolute atomic E-state index is 0. The number of rotatable bonds is 4. The van der Waals surface area contributed by atoms with E-state index >= 15 is 0 Å². The topological polar surface area (TPSA) is 15.3 Å². The van der Waals surface area contributed by atoms with Crippen LogP contribution in [-0.4, -0.2) is 31.1 Å². The van der Waals surface area contributed by atoms with Crippen molar-refractivity contribution >= 4 is 28.3 Å². The molecule has 1 N–H and O–H groups in total. The molecule has 1 saturated heterocycles. The van der Waals surface area contributed by atoms with Crippen LogP contribution in [0.4, 0.5) is 4.39 Å². The quantitative estimate of drug-likeness (QED) is 0.908. The van der Waals surface area contributed by atoms with Gasteiger partial charge in [-0.25, -0.2) is 4.39 Å².